The lowest BCUT2D eigenvalue weighted by Crippen LogP contribution is -2.47. The van der Waals surface area contributed by atoms with Crippen LogP contribution in [0.2, 0.25) is 5.02 Å². The summed E-state index contributed by atoms with van der Waals surface area (Å²) in [6, 6.07) is 10.0. The van der Waals surface area contributed by atoms with Gasteiger partial charge in [-0.15, -0.1) is 0 Å². The van der Waals surface area contributed by atoms with Gasteiger partial charge in [-0.05, 0) is 31.0 Å². The maximum absolute atomic E-state index is 12.5. The molecule has 1 amide bonds. The van der Waals surface area contributed by atoms with E-state index < -0.39 is 0 Å². The predicted octanol–water partition coefficient (Wildman–Crippen LogP) is 3.13. The predicted molar refractivity (Wildman–Crippen MR) is 108 cm³/mol. The number of halogens is 1. The summed E-state index contributed by atoms with van der Waals surface area (Å²) in [5.41, 5.74) is 1.59. The second-order valence-electron chi connectivity index (χ2n) is 7.17. The van der Waals surface area contributed by atoms with E-state index in [4.69, 9.17) is 11.6 Å². The number of hydrogen-bond donors (Lipinski definition) is 1. The van der Waals surface area contributed by atoms with Crippen LogP contribution in [0.3, 0.4) is 0 Å². The smallest absolute Gasteiger partial charge is 0.270 e. The van der Waals surface area contributed by atoms with Crippen LogP contribution in [-0.2, 0) is 0 Å². The Bertz CT molecular complexity index is 800. The van der Waals surface area contributed by atoms with Crippen LogP contribution in [0, 0.1) is 0 Å². The molecule has 1 aliphatic heterocycles. The average molecular weight is 386 g/mol. The van der Waals surface area contributed by atoms with E-state index >= 15 is 0 Å². The molecule has 142 valence electrons. The fourth-order valence-corrected chi connectivity index (χ4v) is 4.02. The summed E-state index contributed by atoms with van der Waals surface area (Å²) in [5.74, 6) is 0.718. The highest BCUT2D eigenvalue weighted by molar-refractivity contribution is 6.30. The lowest BCUT2D eigenvalue weighted by Gasteiger charge is -2.36. The van der Waals surface area contributed by atoms with Crippen LogP contribution in [0.1, 0.15) is 36.2 Å². The van der Waals surface area contributed by atoms with Crippen molar-refractivity contribution in [2.24, 2.45) is 0 Å². The molecule has 27 heavy (non-hydrogen) atoms. The van der Waals surface area contributed by atoms with Gasteiger partial charge in [0.15, 0.2) is 0 Å². The molecule has 1 saturated carbocycles. The molecule has 2 heterocycles. The quantitative estimate of drug-likeness (QED) is 0.876. The summed E-state index contributed by atoms with van der Waals surface area (Å²) in [6.07, 6.45) is 6.00. The van der Waals surface area contributed by atoms with Crippen LogP contribution in [0.5, 0.6) is 0 Å². The van der Waals surface area contributed by atoms with Gasteiger partial charge in [-0.2, -0.15) is 0 Å². The standard InChI is InChI=1S/C20H24ClN5O/c21-15-4-3-7-17(12-15)25-8-10-26(11-9-25)19-13-18(22-14-23-19)20(27)24-16-5-1-2-6-16/h3-4,7,12-14,16H,1-2,5-6,8-11H2,(H,24,27). The van der Waals surface area contributed by atoms with Gasteiger partial charge in [0, 0.05) is 49.0 Å². The number of rotatable bonds is 4. The molecule has 0 spiro atoms. The first kappa shape index (κ1) is 18.0. The Hall–Kier alpha value is -2.34. The Morgan fingerprint density at radius 2 is 1.78 bits per heavy atom. The first-order valence-corrected chi connectivity index (χ1v) is 9.95. The third-order valence-electron chi connectivity index (χ3n) is 5.35. The van der Waals surface area contributed by atoms with Crippen molar-refractivity contribution < 1.29 is 4.79 Å². The molecule has 1 aliphatic carbocycles. The van der Waals surface area contributed by atoms with Crippen LogP contribution < -0.4 is 15.1 Å². The van der Waals surface area contributed by atoms with E-state index in [1.54, 1.807) is 6.07 Å². The summed E-state index contributed by atoms with van der Waals surface area (Å²) in [7, 11) is 0. The molecule has 0 bridgehead atoms. The van der Waals surface area contributed by atoms with Gasteiger partial charge in [-0.3, -0.25) is 4.79 Å². The van der Waals surface area contributed by atoms with Crippen LogP contribution in [0.25, 0.3) is 0 Å². The Morgan fingerprint density at radius 1 is 1.04 bits per heavy atom. The van der Waals surface area contributed by atoms with Crippen molar-refractivity contribution in [2.75, 3.05) is 36.0 Å². The van der Waals surface area contributed by atoms with Gasteiger partial charge in [-0.1, -0.05) is 30.5 Å². The third kappa shape index (κ3) is 4.33. The molecule has 0 radical (unpaired) electrons. The van der Waals surface area contributed by atoms with Gasteiger partial charge in [-0.25, -0.2) is 9.97 Å². The minimum absolute atomic E-state index is 0.0943. The summed E-state index contributed by atoms with van der Waals surface area (Å²) >= 11 is 6.10. The van der Waals surface area contributed by atoms with Crippen molar-refractivity contribution in [1.29, 1.82) is 0 Å². The van der Waals surface area contributed by atoms with E-state index in [1.807, 2.05) is 18.2 Å². The number of anilines is 2. The molecule has 2 aromatic rings. The van der Waals surface area contributed by atoms with Crippen LogP contribution in [0.15, 0.2) is 36.7 Å². The number of aromatic nitrogens is 2. The maximum Gasteiger partial charge on any atom is 0.270 e. The second-order valence-corrected chi connectivity index (χ2v) is 7.61. The van der Waals surface area contributed by atoms with E-state index in [0.717, 1.165) is 55.5 Å². The summed E-state index contributed by atoms with van der Waals surface area (Å²) < 4.78 is 0. The first-order chi connectivity index (χ1) is 13.2. The molecule has 6 nitrogen and oxygen atoms in total. The molecule has 1 aromatic carbocycles. The largest absolute Gasteiger partial charge is 0.368 e. The Morgan fingerprint density at radius 3 is 2.52 bits per heavy atom. The molecule has 1 aromatic heterocycles. The zero-order chi connectivity index (χ0) is 18.6. The number of nitrogens with zero attached hydrogens (tertiary/aromatic N) is 4. The minimum Gasteiger partial charge on any atom is -0.368 e. The summed E-state index contributed by atoms with van der Waals surface area (Å²) in [4.78, 5) is 25.5. The number of hydrogen-bond acceptors (Lipinski definition) is 5. The van der Waals surface area contributed by atoms with Gasteiger partial charge in [0.2, 0.25) is 0 Å². The number of benzene rings is 1. The maximum atomic E-state index is 12.5. The second kappa shape index (κ2) is 8.13. The number of amides is 1. The first-order valence-electron chi connectivity index (χ1n) is 9.57. The highest BCUT2D eigenvalue weighted by Gasteiger charge is 2.22. The highest BCUT2D eigenvalue weighted by Crippen LogP contribution is 2.23. The van der Waals surface area contributed by atoms with Gasteiger partial charge >= 0.3 is 0 Å². The zero-order valence-corrected chi connectivity index (χ0v) is 16.0. The summed E-state index contributed by atoms with van der Waals surface area (Å²) in [5, 5.41) is 3.84. The molecular formula is C20H24ClN5O. The topological polar surface area (TPSA) is 61.4 Å². The third-order valence-corrected chi connectivity index (χ3v) is 5.59. The van der Waals surface area contributed by atoms with Gasteiger partial charge in [0.1, 0.15) is 17.8 Å². The molecular weight excluding hydrogens is 362 g/mol. The van der Waals surface area contributed by atoms with Crippen molar-refractivity contribution in [1.82, 2.24) is 15.3 Å². The number of carbonyl (C=O) groups is 1. The number of nitrogens with one attached hydrogen (secondary N) is 1. The molecule has 2 aliphatic rings. The Balaban J connectivity index is 1.39. The lowest BCUT2D eigenvalue weighted by atomic mass is 10.2. The van der Waals surface area contributed by atoms with E-state index in [9.17, 15) is 4.79 Å². The van der Waals surface area contributed by atoms with Gasteiger partial charge < -0.3 is 15.1 Å². The minimum atomic E-state index is -0.0943. The molecule has 2 fully saturated rings. The monoisotopic (exact) mass is 385 g/mol. The number of carbonyl (C=O) groups excluding carboxylic acids is 1. The number of piperazine rings is 1. The van der Waals surface area contributed by atoms with E-state index in [-0.39, 0.29) is 11.9 Å². The van der Waals surface area contributed by atoms with Crippen molar-refractivity contribution in [3.05, 3.63) is 47.4 Å². The molecule has 0 atom stereocenters. The summed E-state index contributed by atoms with van der Waals surface area (Å²) in [6.45, 7) is 3.45. The van der Waals surface area contributed by atoms with Crippen molar-refractivity contribution in [3.63, 3.8) is 0 Å². The van der Waals surface area contributed by atoms with Crippen molar-refractivity contribution in [2.45, 2.75) is 31.7 Å². The van der Waals surface area contributed by atoms with Crippen LogP contribution in [0.4, 0.5) is 11.5 Å². The average Bonchev–Trinajstić information content (AvgIpc) is 3.21. The fraction of sp³-hybridized carbons (Fsp3) is 0.450. The molecule has 4 rings (SSSR count). The van der Waals surface area contributed by atoms with Crippen molar-refractivity contribution >= 4 is 29.0 Å². The van der Waals surface area contributed by atoms with E-state index in [1.165, 1.54) is 19.2 Å². The SMILES string of the molecule is O=C(NC1CCCC1)c1cc(N2CCN(c3cccc(Cl)c3)CC2)ncn1. The van der Waals surface area contributed by atoms with Gasteiger partial charge in [0.25, 0.3) is 5.91 Å². The van der Waals surface area contributed by atoms with E-state index in [0.29, 0.717) is 5.69 Å². The Kier molecular flexibility index (Phi) is 5.43. The van der Waals surface area contributed by atoms with Crippen molar-refractivity contribution in [3.8, 4) is 0 Å². The zero-order valence-electron chi connectivity index (χ0n) is 15.3. The lowest BCUT2D eigenvalue weighted by molar-refractivity contribution is 0.0932. The van der Waals surface area contributed by atoms with Gasteiger partial charge in [0.05, 0.1) is 0 Å². The van der Waals surface area contributed by atoms with Crippen LogP contribution >= 0.6 is 11.6 Å². The molecule has 1 saturated heterocycles. The molecule has 7 heteroatoms. The van der Waals surface area contributed by atoms with Crippen LogP contribution in [-0.4, -0.2) is 48.1 Å². The normalized spacial score (nSPS) is 18.0. The van der Waals surface area contributed by atoms with E-state index in [2.05, 4.69) is 31.2 Å². The highest BCUT2D eigenvalue weighted by atomic mass is 35.5. The fourth-order valence-electron chi connectivity index (χ4n) is 3.84. The molecule has 1 N–H and O–H groups in total. The Labute approximate surface area is 164 Å². The molecule has 0 unspecified atom stereocenters.